The summed E-state index contributed by atoms with van der Waals surface area (Å²) < 4.78 is 0. The fourth-order valence-corrected chi connectivity index (χ4v) is 1.39. The van der Waals surface area contributed by atoms with Crippen LogP contribution in [0.2, 0.25) is 0 Å². The van der Waals surface area contributed by atoms with Crippen molar-refractivity contribution in [3.05, 3.63) is 17.6 Å². The summed E-state index contributed by atoms with van der Waals surface area (Å²) >= 11 is 0. The van der Waals surface area contributed by atoms with Crippen LogP contribution in [0.3, 0.4) is 0 Å². The summed E-state index contributed by atoms with van der Waals surface area (Å²) in [6.45, 7) is 2.64. The van der Waals surface area contributed by atoms with Crippen molar-refractivity contribution in [1.82, 2.24) is 9.97 Å². The van der Waals surface area contributed by atoms with Crippen LogP contribution in [0.4, 0.5) is 5.82 Å². The van der Waals surface area contributed by atoms with Crippen molar-refractivity contribution in [2.45, 2.75) is 25.7 Å². The Kier molecular flexibility index (Phi) is 2.63. The van der Waals surface area contributed by atoms with E-state index in [1.807, 2.05) is 13.0 Å². The molecule has 0 unspecified atom stereocenters. The van der Waals surface area contributed by atoms with Gasteiger partial charge < -0.3 is 10.4 Å². The Hall–Kier alpha value is -1.16. The standard InChI is InChI=1S/C10H15N3O/c1-7-6-9(11-4-5-14)13-10(12-7)8-2-3-8/h6,8,14H,2-5H2,1H3,(H,11,12,13). The van der Waals surface area contributed by atoms with Crippen LogP contribution in [0.25, 0.3) is 0 Å². The molecule has 0 radical (unpaired) electrons. The summed E-state index contributed by atoms with van der Waals surface area (Å²) in [6, 6.07) is 1.90. The largest absolute Gasteiger partial charge is 0.395 e. The van der Waals surface area contributed by atoms with E-state index in [0.717, 1.165) is 17.3 Å². The van der Waals surface area contributed by atoms with Crippen LogP contribution in [0.15, 0.2) is 6.07 Å². The number of aryl methyl sites for hydroxylation is 1. The van der Waals surface area contributed by atoms with Gasteiger partial charge in [-0.2, -0.15) is 0 Å². The quantitative estimate of drug-likeness (QED) is 0.751. The molecular formula is C10H15N3O. The first kappa shape index (κ1) is 9.40. The highest BCUT2D eigenvalue weighted by atomic mass is 16.3. The Balaban J connectivity index is 2.13. The number of rotatable bonds is 4. The molecule has 0 aromatic carbocycles. The average Bonchev–Trinajstić information content (AvgIpc) is 2.97. The van der Waals surface area contributed by atoms with Gasteiger partial charge in [-0.25, -0.2) is 9.97 Å². The Labute approximate surface area is 83.4 Å². The second-order valence-electron chi connectivity index (χ2n) is 3.68. The highest BCUT2D eigenvalue weighted by Crippen LogP contribution is 2.38. The van der Waals surface area contributed by atoms with Crippen LogP contribution in [0.1, 0.15) is 30.3 Å². The van der Waals surface area contributed by atoms with Gasteiger partial charge in [-0.3, -0.25) is 0 Å². The van der Waals surface area contributed by atoms with Gasteiger partial charge in [-0.05, 0) is 19.8 Å². The first-order valence-corrected chi connectivity index (χ1v) is 5.00. The molecule has 1 heterocycles. The van der Waals surface area contributed by atoms with Gasteiger partial charge >= 0.3 is 0 Å². The minimum atomic E-state index is 0.127. The molecule has 0 aliphatic heterocycles. The van der Waals surface area contributed by atoms with Crippen LogP contribution in [-0.4, -0.2) is 28.2 Å². The Morgan fingerprint density at radius 2 is 2.29 bits per heavy atom. The maximum absolute atomic E-state index is 8.68. The van der Waals surface area contributed by atoms with Crippen molar-refractivity contribution in [2.24, 2.45) is 0 Å². The van der Waals surface area contributed by atoms with Crippen molar-refractivity contribution in [3.63, 3.8) is 0 Å². The van der Waals surface area contributed by atoms with Gasteiger partial charge in [0.15, 0.2) is 0 Å². The molecule has 1 aromatic heterocycles. The van der Waals surface area contributed by atoms with E-state index in [1.165, 1.54) is 12.8 Å². The number of nitrogens with one attached hydrogen (secondary N) is 1. The summed E-state index contributed by atoms with van der Waals surface area (Å²) in [6.07, 6.45) is 2.42. The molecule has 76 valence electrons. The highest BCUT2D eigenvalue weighted by molar-refractivity contribution is 5.36. The lowest BCUT2D eigenvalue weighted by molar-refractivity contribution is 0.311. The van der Waals surface area contributed by atoms with E-state index in [4.69, 9.17) is 5.11 Å². The predicted octanol–water partition coefficient (Wildman–Crippen LogP) is 1.07. The van der Waals surface area contributed by atoms with Crippen molar-refractivity contribution in [1.29, 1.82) is 0 Å². The minimum Gasteiger partial charge on any atom is -0.395 e. The summed E-state index contributed by atoms with van der Waals surface area (Å²) in [4.78, 5) is 8.79. The normalized spacial score (nSPS) is 15.6. The zero-order valence-electron chi connectivity index (χ0n) is 8.32. The maximum atomic E-state index is 8.68. The fraction of sp³-hybridized carbons (Fsp3) is 0.600. The van der Waals surface area contributed by atoms with E-state index in [-0.39, 0.29) is 6.61 Å². The van der Waals surface area contributed by atoms with Crippen LogP contribution in [0.5, 0.6) is 0 Å². The summed E-state index contributed by atoms with van der Waals surface area (Å²) in [5.41, 5.74) is 0.988. The van der Waals surface area contributed by atoms with E-state index >= 15 is 0 Å². The number of aliphatic hydroxyl groups excluding tert-OH is 1. The van der Waals surface area contributed by atoms with Gasteiger partial charge in [-0.1, -0.05) is 0 Å². The van der Waals surface area contributed by atoms with E-state index in [9.17, 15) is 0 Å². The molecule has 1 aliphatic carbocycles. The lowest BCUT2D eigenvalue weighted by atomic mass is 10.3. The highest BCUT2D eigenvalue weighted by Gasteiger charge is 2.26. The molecule has 1 fully saturated rings. The second kappa shape index (κ2) is 3.92. The molecule has 4 heteroatoms. The molecular weight excluding hydrogens is 178 g/mol. The second-order valence-corrected chi connectivity index (χ2v) is 3.68. The van der Waals surface area contributed by atoms with E-state index in [2.05, 4.69) is 15.3 Å². The van der Waals surface area contributed by atoms with Gasteiger partial charge in [0.05, 0.1) is 6.61 Å². The lowest BCUT2D eigenvalue weighted by Crippen LogP contribution is -2.09. The van der Waals surface area contributed by atoms with Gasteiger partial charge in [0.25, 0.3) is 0 Å². The Morgan fingerprint density at radius 3 is 2.93 bits per heavy atom. The van der Waals surface area contributed by atoms with Crippen molar-refractivity contribution >= 4 is 5.82 Å². The van der Waals surface area contributed by atoms with Gasteiger partial charge in [0.2, 0.25) is 0 Å². The summed E-state index contributed by atoms with van der Waals surface area (Å²) in [5, 5.41) is 11.7. The van der Waals surface area contributed by atoms with Crippen molar-refractivity contribution in [2.75, 3.05) is 18.5 Å². The third kappa shape index (κ3) is 2.20. The number of aliphatic hydroxyl groups is 1. The number of hydrogen-bond acceptors (Lipinski definition) is 4. The van der Waals surface area contributed by atoms with Crippen LogP contribution in [0, 0.1) is 6.92 Å². The van der Waals surface area contributed by atoms with Gasteiger partial charge in [0, 0.05) is 24.2 Å². The monoisotopic (exact) mass is 193 g/mol. The first-order valence-electron chi connectivity index (χ1n) is 5.00. The maximum Gasteiger partial charge on any atom is 0.134 e. The molecule has 1 saturated carbocycles. The predicted molar refractivity (Wildman–Crippen MR) is 54.3 cm³/mol. The number of nitrogens with zero attached hydrogens (tertiary/aromatic N) is 2. The number of anilines is 1. The molecule has 0 atom stereocenters. The minimum absolute atomic E-state index is 0.127. The van der Waals surface area contributed by atoms with Crippen molar-refractivity contribution in [3.8, 4) is 0 Å². The van der Waals surface area contributed by atoms with E-state index < -0.39 is 0 Å². The molecule has 14 heavy (non-hydrogen) atoms. The summed E-state index contributed by atoms with van der Waals surface area (Å²) in [7, 11) is 0. The molecule has 0 amide bonds. The molecule has 0 saturated heterocycles. The van der Waals surface area contributed by atoms with Crippen LogP contribution < -0.4 is 5.32 Å². The summed E-state index contributed by atoms with van der Waals surface area (Å²) in [5.74, 6) is 2.35. The fourth-order valence-electron chi connectivity index (χ4n) is 1.39. The third-order valence-corrected chi connectivity index (χ3v) is 2.23. The molecule has 2 N–H and O–H groups in total. The molecule has 0 spiro atoms. The SMILES string of the molecule is Cc1cc(NCCO)nc(C2CC2)n1. The zero-order chi connectivity index (χ0) is 9.97. The van der Waals surface area contributed by atoms with Crippen LogP contribution >= 0.6 is 0 Å². The molecule has 1 aromatic rings. The topological polar surface area (TPSA) is 58.0 Å². The van der Waals surface area contributed by atoms with Crippen LogP contribution in [-0.2, 0) is 0 Å². The van der Waals surface area contributed by atoms with Gasteiger partial charge in [-0.15, -0.1) is 0 Å². The van der Waals surface area contributed by atoms with E-state index in [1.54, 1.807) is 0 Å². The zero-order valence-corrected chi connectivity index (χ0v) is 8.32. The number of hydrogen-bond donors (Lipinski definition) is 2. The Bertz CT molecular complexity index is 323. The van der Waals surface area contributed by atoms with E-state index in [0.29, 0.717) is 12.5 Å². The third-order valence-electron chi connectivity index (χ3n) is 2.23. The number of aromatic nitrogens is 2. The van der Waals surface area contributed by atoms with Gasteiger partial charge in [0.1, 0.15) is 11.6 Å². The Morgan fingerprint density at radius 1 is 1.50 bits per heavy atom. The molecule has 2 rings (SSSR count). The molecule has 1 aliphatic rings. The molecule has 4 nitrogen and oxygen atoms in total. The van der Waals surface area contributed by atoms with Crippen molar-refractivity contribution < 1.29 is 5.11 Å². The smallest absolute Gasteiger partial charge is 0.134 e. The first-order chi connectivity index (χ1) is 6.79. The average molecular weight is 193 g/mol. The molecule has 0 bridgehead atoms. The lowest BCUT2D eigenvalue weighted by Gasteiger charge is -2.06.